The first kappa shape index (κ1) is 22.6. The summed E-state index contributed by atoms with van der Waals surface area (Å²) in [5.41, 5.74) is 1.27. The molecule has 0 radical (unpaired) electrons. The minimum Gasteiger partial charge on any atom is -0.274 e. The van der Waals surface area contributed by atoms with E-state index in [2.05, 4.69) is 12.8 Å². The third kappa shape index (κ3) is 7.02. The standard InChI is InChI=1S/C24H33NO2S/c1-3-5-6-7-8-9-10-11-12-13-17-28-22-19-23(26)25(24(22)27)21-16-14-15-20(4-2)18-21/h2,14-16,18,22H,3,5-13,17,19H2,1H3. The summed E-state index contributed by atoms with van der Waals surface area (Å²) in [5.74, 6) is 3.27. The molecule has 1 fully saturated rings. The van der Waals surface area contributed by atoms with Gasteiger partial charge in [-0.2, -0.15) is 0 Å². The van der Waals surface area contributed by atoms with Gasteiger partial charge in [-0.05, 0) is 30.4 Å². The Morgan fingerprint density at radius 2 is 1.68 bits per heavy atom. The molecule has 0 saturated carbocycles. The van der Waals surface area contributed by atoms with Crippen LogP contribution in [0.1, 0.15) is 83.1 Å². The Balaban J connectivity index is 1.63. The molecule has 1 aliphatic heterocycles. The Kier molecular flexibility index (Phi) is 10.2. The summed E-state index contributed by atoms with van der Waals surface area (Å²) in [6.07, 6.45) is 18.8. The van der Waals surface area contributed by atoms with Crippen molar-refractivity contribution in [1.29, 1.82) is 0 Å². The lowest BCUT2D eigenvalue weighted by Gasteiger charge is -2.15. The van der Waals surface area contributed by atoms with Gasteiger partial charge in [-0.15, -0.1) is 18.2 Å². The highest BCUT2D eigenvalue weighted by Gasteiger charge is 2.39. The molecule has 1 saturated heterocycles. The average Bonchev–Trinajstić information content (AvgIpc) is 2.99. The first-order valence-electron chi connectivity index (χ1n) is 10.7. The van der Waals surface area contributed by atoms with Crippen LogP contribution < -0.4 is 4.90 Å². The van der Waals surface area contributed by atoms with E-state index in [0.717, 1.165) is 12.2 Å². The highest BCUT2D eigenvalue weighted by Crippen LogP contribution is 2.30. The molecule has 3 nitrogen and oxygen atoms in total. The monoisotopic (exact) mass is 399 g/mol. The molecule has 1 aromatic carbocycles. The molecule has 2 amide bonds. The van der Waals surface area contributed by atoms with Gasteiger partial charge in [-0.1, -0.05) is 76.7 Å². The number of carbonyl (C=O) groups excluding carboxylic acids is 2. The van der Waals surface area contributed by atoms with Gasteiger partial charge in [0.2, 0.25) is 11.8 Å². The predicted octanol–water partition coefficient (Wildman–Crippen LogP) is 5.95. The lowest BCUT2D eigenvalue weighted by molar-refractivity contribution is -0.121. The van der Waals surface area contributed by atoms with E-state index in [0.29, 0.717) is 17.7 Å². The number of benzene rings is 1. The molecule has 0 N–H and O–H groups in total. The maximum Gasteiger partial charge on any atom is 0.247 e. The summed E-state index contributed by atoms with van der Waals surface area (Å²) in [4.78, 5) is 26.3. The van der Waals surface area contributed by atoms with Gasteiger partial charge >= 0.3 is 0 Å². The molecule has 0 bridgehead atoms. The van der Waals surface area contributed by atoms with Gasteiger partial charge < -0.3 is 0 Å². The number of unbranched alkanes of at least 4 members (excludes halogenated alkanes) is 9. The fraction of sp³-hybridized carbons (Fsp3) is 0.583. The second kappa shape index (κ2) is 12.7. The molecule has 1 aromatic rings. The zero-order chi connectivity index (χ0) is 20.2. The molecule has 1 atom stereocenters. The summed E-state index contributed by atoms with van der Waals surface area (Å²) in [6, 6.07) is 7.08. The Labute approximate surface area is 174 Å². The molecular formula is C24H33NO2S. The lowest BCUT2D eigenvalue weighted by Crippen LogP contribution is -2.31. The topological polar surface area (TPSA) is 37.4 Å². The normalized spacial score (nSPS) is 16.6. The van der Waals surface area contributed by atoms with Gasteiger partial charge in [0.1, 0.15) is 0 Å². The number of carbonyl (C=O) groups is 2. The first-order chi connectivity index (χ1) is 13.7. The Morgan fingerprint density at radius 3 is 2.32 bits per heavy atom. The van der Waals surface area contributed by atoms with E-state index in [1.807, 2.05) is 0 Å². The Bertz CT molecular complexity index is 679. The number of rotatable bonds is 13. The van der Waals surface area contributed by atoms with Gasteiger partial charge in [0.15, 0.2) is 0 Å². The highest BCUT2D eigenvalue weighted by molar-refractivity contribution is 8.00. The Morgan fingerprint density at radius 1 is 1.04 bits per heavy atom. The molecule has 2 rings (SSSR count). The van der Waals surface area contributed by atoms with E-state index in [-0.39, 0.29) is 17.1 Å². The lowest BCUT2D eigenvalue weighted by atomic mass is 10.1. The van der Waals surface area contributed by atoms with Crippen LogP contribution in [0.25, 0.3) is 0 Å². The number of thioether (sulfide) groups is 1. The first-order valence-corrected chi connectivity index (χ1v) is 11.8. The smallest absolute Gasteiger partial charge is 0.247 e. The van der Waals surface area contributed by atoms with Gasteiger partial charge in [-0.3, -0.25) is 9.59 Å². The number of imide groups is 1. The molecule has 1 unspecified atom stereocenters. The van der Waals surface area contributed by atoms with E-state index in [1.54, 1.807) is 36.0 Å². The van der Waals surface area contributed by atoms with E-state index in [9.17, 15) is 9.59 Å². The second-order valence-electron chi connectivity index (χ2n) is 7.51. The van der Waals surface area contributed by atoms with Crippen molar-refractivity contribution in [3.63, 3.8) is 0 Å². The van der Waals surface area contributed by atoms with E-state index < -0.39 is 0 Å². The largest absolute Gasteiger partial charge is 0.274 e. The summed E-state index contributed by atoms with van der Waals surface area (Å²) in [7, 11) is 0. The minimum absolute atomic E-state index is 0.101. The third-order valence-corrected chi connectivity index (χ3v) is 6.49. The van der Waals surface area contributed by atoms with Gasteiger partial charge in [0.25, 0.3) is 0 Å². The minimum atomic E-state index is -0.249. The van der Waals surface area contributed by atoms with Gasteiger partial charge in [0.05, 0.1) is 10.9 Å². The Hall–Kier alpha value is -1.73. The summed E-state index contributed by atoms with van der Waals surface area (Å²) in [5, 5.41) is -0.249. The van der Waals surface area contributed by atoms with E-state index >= 15 is 0 Å². The molecule has 1 heterocycles. The van der Waals surface area contributed by atoms with Crippen molar-refractivity contribution >= 4 is 29.3 Å². The van der Waals surface area contributed by atoms with Crippen LogP contribution in [0.3, 0.4) is 0 Å². The van der Waals surface area contributed by atoms with Crippen LogP contribution in [0.2, 0.25) is 0 Å². The maximum absolute atomic E-state index is 12.7. The van der Waals surface area contributed by atoms with Crippen LogP contribution in [-0.4, -0.2) is 22.8 Å². The van der Waals surface area contributed by atoms with Crippen molar-refractivity contribution in [3.05, 3.63) is 29.8 Å². The fourth-order valence-electron chi connectivity index (χ4n) is 3.56. The maximum atomic E-state index is 12.7. The van der Waals surface area contributed by atoms with E-state index in [1.165, 1.54) is 62.7 Å². The summed E-state index contributed by atoms with van der Waals surface area (Å²) in [6.45, 7) is 2.25. The van der Waals surface area contributed by atoms with Crippen molar-refractivity contribution in [3.8, 4) is 12.3 Å². The van der Waals surface area contributed by atoms with Crippen LogP contribution in [0.5, 0.6) is 0 Å². The van der Waals surface area contributed by atoms with Crippen molar-refractivity contribution in [2.75, 3.05) is 10.7 Å². The number of terminal acetylenes is 1. The van der Waals surface area contributed by atoms with Crippen molar-refractivity contribution in [2.45, 2.75) is 82.8 Å². The molecule has 1 aliphatic rings. The molecular weight excluding hydrogens is 366 g/mol. The van der Waals surface area contributed by atoms with Crippen LogP contribution in [0.4, 0.5) is 5.69 Å². The SMILES string of the molecule is C#Cc1cccc(N2C(=O)CC(SCCCCCCCCCCCC)C2=O)c1. The number of amides is 2. The third-order valence-electron chi connectivity index (χ3n) is 5.19. The van der Waals surface area contributed by atoms with Crippen LogP contribution in [0, 0.1) is 12.3 Å². The highest BCUT2D eigenvalue weighted by atomic mass is 32.2. The molecule has 0 aliphatic carbocycles. The van der Waals surface area contributed by atoms with Crippen molar-refractivity contribution in [2.24, 2.45) is 0 Å². The molecule has 28 heavy (non-hydrogen) atoms. The van der Waals surface area contributed by atoms with Crippen LogP contribution >= 0.6 is 11.8 Å². The van der Waals surface area contributed by atoms with Crippen LogP contribution in [0.15, 0.2) is 24.3 Å². The number of nitrogens with zero attached hydrogens (tertiary/aromatic N) is 1. The fourth-order valence-corrected chi connectivity index (χ4v) is 4.72. The van der Waals surface area contributed by atoms with E-state index in [4.69, 9.17) is 6.42 Å². The second-order valence-corrected chi connectivity index (χ2v) is 8.82. The van der Waals surface area contributed by atoms with Gasteiger partial charge in [0, 0.05) is 12.0 Å². The summed E-state index contributed by atoms with van der Waals surface area (Å²) < 4.78 is 0. The molecule has 4 heteroatoms. The quantitative estimate of drug-likeness (QED) is 0.233. The van der Waals surface area contributed by atoms with Crippen LogP contribution in [-0.2, 0) is 9.59 Å². The number of hydrogen-bond donors (Lipinski definition) is 0. The molecule has 0 spiro atoms. The molecule has 0 aromatic heterocycles. The predicted molar refractivity (Wildman–Crippen MR) is 120 cm³/mol. The summed E-state index contributed by atoms with van der Waals surface area (Å²) >= 11 is 1.63. The zero-order valence-electron chi connectivity index (χ0n) is 17.1. The van der Waals surface area contributed by atoms with Gasteiger partial charge in [-0.25, -0.2) is 4.90 Å². The zero-order valence-corrected chi connectivity index (χ0v) is 17.9. The number of hydrogen-bond acceptors (Lipinski definition) is 3. The average molecular weight is 400 g/mol. The van der Waals surface area contributed by atoms with Crippen molar-refractivity contribution in [1.82, 2.24) is 0 Å². The number of anilines is 1. The van der Waals surface area contributed by atoms with Crippen molar-refractivity contribution < 1.29 is 9.59 Å². The molecule has 152 valence electrons.